The van der Waals surface area contributed by atoms with Crippen molar-refractivity contribution in [2.45, 2.75) is 19.4 Å². The SMILES string of the molecule is O=C(O)CCN1C(=O)C(=Cc2c(N3CCc4ccccc4C3)nc3ccccn3c2=O)SC1=S. The molecule has 0 saturated carbocycles. The number of amides is 1. The normalized spacial score (nSPS) is 17.0. The van der Waals surface area contributed by atoms with Crippen LogP contribution in [0.25, 0.3) is 11.7 Å². The lowest BCUT2D eigenvalue weighted by Gasteiger charge is -2.30. The first-order valence-corrected chi connectivity index (χ1v) is 11.9. The highest BCUT2D eigenvalue weighted by Crippen LogP contribution is 2.34. The van der Waals surface area contributed by atoms with Crippen molar-refractivity contribution in [3.63, 3.8) is 0 Å². The van der Waals surface area contributed by atoms with E-state index in [4.69, 9.17) is 22.3 Å². The Morgan fingerprint density at radius 2 is 1.91 bits per heavy atom. The summed E-state index contributed by atoms with van der Waals surface area (Å²) in [5, 5.41) is 8.97. The van der Waals surface area contributed by atoms with Crippen LogP contribution in [0.15, 0.2) is 58.4 Å². The Kier molecular flexibility index (Phi) is 5.93. The molecule has 2 aromatic heterocycles. The summed E-state index contributed by atoms with van der Waals surface area (Å²) in [6, 6.07) is 13.5. The van der Waals surface area contributed by atoms with Crippen molar-refractivity contribution in [1.29, 1.82) is 0 Å². The first-order chi connectivity index (χ1) is 16.4. The molecule has 172 valence electrons. The summed E-state index contributed by atoms with van der Waals surface area (Å²) in [7, 11) is 0. The topological polar surface area (TPSA) is 95.2 Å². The molecule has 10 heteroatoms. The summed E-state index contributed by atoms with van der Waals surface area (Å²) in [4.78, 5) is 45.9. The fraction of sp³-hybridized carbons (Fsp3) is 0.208. The zero-order valence-corrected chi connectivity index (χ0v) is 19.6. The van der Waals surface area contributed by atoms with Gasteiger partial charge in [0, 0.05) is 25.8 Å². The first kappa shape index (κ1) is 22.3. The quantitative estimate of drug-likeness (QED) is 0.429. The van der Waals surface area contributed by atoms with E-state index in [0.717, 1.165) is 18.2 Å². The number of carboxylic acids is 1. The molecule has 1 N–H and O–H groups in total. The molecule has 3 aromatic rings. The van der Waals surface area contributed by atoms with Crippen molar-refractivity contribution in [1.82, 2.24) is 14.3 Å². The van der Waals surface area contributed by atoms with Gasteiger partial charge < -0.3 is 10.0 Å². The van der Waals surface area contributed by atoms with E-state index in [1.165, 1.54) is 20.4 Å². The van der Waals surface area contributed by atoms with Crippen molar-refractivity contribution in [3.8, 4) is 0 Å². The Labute approximate surface area is 204 Å². The third-order valence-corrected chi connectivity index (χ3v) is 7.26. The minimum atomic E-state index is -1.01. The number of thioether (sulfide) groups is 1. The molecule has 1 saturated heterocycles. The third kappa shape index (κ3) is 4.10. The minimum Gasteiger partial charge on any atom is -0.481 e. The maximum absolute atomic E-state index is 13.5. The number of carboxylic acid groups (broad SMARTS) is 1. The summed E-state index contributed by atoms with van der Waals surface area (Å²) < 4.78 is 1.73. The fourth-order valence-corrected chi connectivity index (χ4v) is 5.46. The van der Waals surface area contributed by atoms with Gasteiger partial charge in [-0.15, -0.1) is 0 Å². The van der Waals surface area contributed by atoms with Crippen molar-refractivity contribution in [2.24, 2.45) is 0 Å². The first-order valence-electron chi connectivity index (χ1n) is 10.7. The van der Waals surface area contributed by atoms with E-state index in [1.54, 1.807) is 24.4 Å². The number of thiocarbonyl (C=S) groups is 1. The number of pyridine rings is 1. The van der Waals surface area contributed by atoms with E-state index < -0.39 is 11.9 Å². The Morgan fingerprint density at radius 3 is 2.71 bits per heavy atom. The largest absolute Gasteiger partial charge is 0.481 e. The standard InChI is InChI=1S/C24H20N4O4S2/c29-20(30)9-12-28-23(32)18(34-24(28)33)13-17-21(25-19-7-3-4-10-27(19)22(17)31)26-11-8-15-5-1-2-6-16(15)14-26/h1-7,10,13H,8-9,11-12,14H2,(H,29,30). The number of rotatable bonds is 5. The Bertz CT molecular complexity index is 1430. The fourth-order valence-electron chi connectivity index (χ4n) is 4.17. The molecule has 0 aliphatic carbocycles. The molecule has 1 aromatic carbocycles. The zero-order valence-electron chi connectivity index (χ0n) is 18.0. The maximum atomic E-state index is 13.5. The molecule has 1 amide bonds. The monoisotopic (exact) mass is 492 g/mol. The average Bonchev–Trinajstić information content (AvgIpc) is 3.11. The van der Waals surface area contributed by atoms with Crippen LogP contribution in [0.4, 0.5) is 5.82 Å². The van der Waals surface area contributed by atoms with Gasteiger partial charge in [-0.25, -0.2) is 4.98 Å². The number of nitrogens with zero attached hydrogens (tertiary/aromatic N) is 4. The van der Waals surface area contributed by atoms with Crippen LogP contribution in [0.1, 0.15) is 23.1 Å². The summed E-state index contributed by atoms with van der Waals surface area (Å²) >= 11 is 6.37. The lowest BCUT2D eigenvalue weighted by atomic mass is 9.99. The molecule has 4 heterocycles. The van der Waals surface area contributed by atoms with Crippen molar-refractivity contribution in [3.05, 3.63) is 80.6 Å². The number of aliphatic carboxylic acids is 1. The van der Waals surface area contributed by atoms with Gasteiger partial charge in [0.2, 0.25) is 0 Å². The Hall–Kier alpha value is -3.50. The van der Waals surface area contributed by atoms with Gasteiger partial charge in [-0.1, -0.05) is 54.3 Å². The van der Waals surface area contributed by atoms with Gasteiger partial charge in [0.25, 0.3) is 11.5 Å². The zero-order chi connectivity index (χ0) is 23.8. The number of carbonyl (C=O) groups is 2. The van der Waals surface area contributed by atoms with E-state index in [1.807, 2.05) is 18.2 Å². The molecular weight excluding hydrogens is 472 g/mol. The highest BCUT2D eigenvalue weighted by atomic mass is 32.2. The minimum absolute atomic E-state index is 0.0118. The number of carbonyl (C=O) groups excluding carboxylic acids is 1. The van der Waals surface area contributed by atoms with E-state index in [2.05, 4.69) is 17.0 Å². The molecule has 0 spiro atoms. The molecule has 2 aliphatic heterocycles. The van der Waals surface area contributed by atoms with Gasteiger partial charge in [-0.3, -0.25) is 23.7 Å². The number of hydrogen-bond acceptors (Lipinski definition) is 7. The maximum Gasteiger partial charge on any atom is 0.305 e. The summed E-state index contributed by atoms with van der Waals surface area (Å²) in [5.41, 5.74) is 3.00. The number of benzene rings is 1. The van der Waals surface area contributed by atoms with Gasteiger partial charge in [0.15, 0.2) is 0 Å². The van der Waals surface area contributed by atoms with Crippen LogP contribution in [-0.2, 0) is 22.6 Å². The molecule has 0 bridgehead atoms. The van der Waals surface area contributed by atoms with Gasteiger partial charge in [0.1, 0.15) is 15.8 Å². The van der Waals surface area contributed by atoms with E-state index in [0.29, 0.717) is 30.1 Å². The van der Waals surface area contributed by atoms with Gasteiger partial charge in [0.05, 0.1) is 16.9 Å². The molecule has 34 heavy (non-hydrogen) atoms. The van der Waals surface area contributed by atoms with Crippen LogP contribution in [-0.4, -0.2) is 48.7 Å². The predicted molar refractivity (Wildman–Crippen MR) is 135 cm³/mol. The average molecular weight is 493 g/mol. The molecule has 0 radical (unpaired) electrons. The number of aromatic nitrogens is 2. The second kappa shape index (κ2) is 9.03. The van der Waals surface area contributed by atoms with Crippen LogP contribution in [0.3, 0.4) is 0 Å². The van der Waals surface area contributed by atoms with Crippen LogP contribution in [0, 0.1) is 0 Å². The van der Waals surface area contributed by atoms with E-state index >= 15 is 0 Å². The van der Waals surface area contributed by atoms with Crippen molar-refractivity contribution < 1.29 is 14.7 Å². The number of hydrogen-bond donors (Lipinski definition) is 1. The van der Waals surface area contributed by atoms with Crippen molar-refractivity contribution >= 4 is 57.7 Å². The summed E-state index contributed by atoms with van der Waals surface area (Å²) in [6.07, 6.45) is 3.81. The highest BCUT2D eigenvalue weighted by Gasteiger charge is 2.33. The second-order valence-corrected chi connectivity index (χ2v) is 9.68. The molecule has 0 unspecified atom stereocenters. The molecule has 0 atom stereocenters. The van der Waals surface area contributed by atoms with Crippen LogP contribution in [0.2, 0.25) is 0 Å². The molecular formula is C24H20N4O4S2. The van der Waals surface area contributed by atoms with E-state index in [9.17, 15) is 14.4 Å². The lowest BCUT2D eigenvalue weighted by molar-refractivity contribution is -0.137. The Morgan fingerprint density at radius 1 is 1.15 bits per heavy atom. The second-order valence-electron chi connectivity index (χ2n) is 8.00. The Balaban J connectivity index is 1.59. The van der Waals surface area contributed by atoms with Gasteiger partial charge in [-0.05, 0) is 35.8 Å². The van der Waals surface area contributed by atoms with Crippen LogP contribution < -0.4 is 10.5 Å². The predicted octanol–water partition coefficient (Wildman–Crippen LogP) is 2.93. The molecule has 5 rings (SSSR count). The van der Waals surface area contributed by atoms with Gasteiger partial charge in [-0.2, -0.15) is 0 Å². The van der Waals surface area contributed by atoms with Crippen molar-refractivity contribution in [2.75, 3.05) is 18.0 Å². The number of fused-ring (bicyclic) bond motifs is 2. The molecule has 2 aliphatic rings. The number of anilines is 1. The molecule has 1 fully saturated rings. The summed E-state index contributed by atoms with van der Waals surface area (Å²) in [5.74, 6) is -0.895. The third-order valence-electron chi connectivity index (χ3n) is 5.88. The lowest BCUT2D eigenvalue weighted by Crippen LogP contribution is -2.34. The molecule has 8 nitrogen and oxygen atoms in total. The smallest absolute Gasteiger partial charge is 0.305 e. The van der Waals surface area contributed by atoms with E-state index in [-0.39, 0.29) is 27.8 Å². The highest BCUT2D eigenvalue weighted by molar-refractivity contribution is 8.26. The van der Waals surface area contributed by atoms with Crippen LogP contribution in [0.5, 0.6) is 0 Å². The van der Waals surface area contributed by atoms with Gasteiger partial charge >= 0.3 is 5.97 Å². The summed E-state index contributed by atoms with van der Waals surface area (Å²) in [6.45, 7) is 1.28. The van der Waals surface area contributed by atoms with Crippen LogP contribution >= 0.6 is 24.0 Å².